The van der Waals surface area contributed by atoms with Crippen LogP contribution in [-0.4, -0.2) is 5.78 Å². The smallest absolute Gasteiger partial charge is 0.135 e. The van der Waals surface area contributed by atoms with Gasteiger partial charge in [0.2, 0.25) is 0 Å². The van der Waals surface area contributed by atoms with Crippen molar-refractivity contribution in [3.63, 3.8) is 0 Å². The summed E-state index contributed by atoms with van der Waals surface area (Å²) >= 11 is 0. The third-order valence-corrected chi connectivity index (χ3v) is 2.11. The lowest BCUT2D eigenvalue weighted by Crippen LogP contribution is -2.06. The Morgan fingerprint density at radius 3 is 2.89 bits per heavy atom. The molecule has 9 heavy (non-hydrogen) atoms. The Balaban J connectivity index is 2.41. The Bertz CT molecular complexity index is 107. The summed E-state index contributed by atoms with van der Waals surface area (Å²) in [5.74, 6) is 0.833. The molecule has 1 aliphatic rings. The van der Waals surface area contributed by atoms with Gasteiger partial charge in [-0.25, -0.2) is 0 Å². The average molecular weight is 126 g/mol. The molecule has 0 amide bonds. The second kappa shape index (κ2) is 3.00. The van der Waals surface area contributed by atoms with Crippen LogP contribution in [0, 0.1) is 5.92 Å². The number of Topliss-reactive ketones (excluding diaryl/α,β-unsaturated/α-hetero) is 1. The molecular weight excluding hydrogens is 112 g/mol. The van der Waals surface area contributed by atoms with Crippen LogP contribution in [-0.2, 0) is 4.79 Å². The predicted octanol–water partition coefficient (Wildman–Crippen LogP) is 2.16. The van der Waals surface area contributed by atoms with Crippen LogP contribution in [0.1, 0.15) is 39.0 Å². The molecule has 0 aromatic carbocycles. The Kier molecular flexibility index (Phi) is 2.26. The van der Waals surface area contributed by atoms with Crippen molar-refractivity contribution in [1.82, 2.24) is 0 Å². The molecule has 0 radical (unpaired) electrons. The molecule has 1 fully saturated rings. The molecule has 0 aromatic heterocycles. The van der Waals surface area contributed by atoms with E-state index in [-0.39, 0.29) is 0 Å². The van der Waals surface area contributed by atoms with Crippen LogP contribution in [0.15, 0.2) is 0 Å². The van der Waals surface area contributed by atoms with Gasteiger partial charge >= 0.3 is 0 Å². The summed E-state index contributed by atoms with van der Waals surface area (Å²) in [6, 6.07) is 0. The van der Waals surface area contributed by atoms with Crippen LogP contribution in [0.2, 0.25) is 0 Å². The number of ketones is 1. The highest BCUT2D eigenvalue weighted by molar-refractivity contribution is 5.80. The molecule has 0 spiro atoms. The SMILES string of the molecule is C[C@@H]1CCCCCC1=O. The normalized spacial score (nSPS) is 29.9. The first-order chi connectivity index (χ1) is 4.30. The number of rotatable bonds is 0. The van der Waals surface area contributed by atoms with Crippen LogP contribution >= 0.6 is 0 Å². The highest BCUT2D eigenvalue weighted by Crippen LogP contribution is 2.18. The lowest BCUT2D eigenvalue weighted by atomic mass is 10.0. The first-order valence-electron chi connectivity index (χ1n) is 3.83. The number of hydrogen-bond acceptors (Lipinski definition) is 1. The van der Waals surface area contributed by atoms with Gasteiger partial charge in [0, 0.05) is 12.3 Å². The Morgan fingerprint density at radius 1 is 1.33 bits per heavy atom. The summed E-state index contributed by atoms with van der Waals surface area (Å²) in [7, 11) is 0. The zero-order valence-electron chi connectivity index (χ0n) is 6.02. The lowest BCUT2D eigenvalue weighted by molar-refractivity contribution is -0.122. The molecule has 1 nitrogen and oxygen atoms in total. The maximum Gasteiger partial charge on any atom is 0.135 e. The fraction of sp³-hybridized carbons (Fsp3) is 0.875. The Labute approximate surface area is 56.4 Å². The Hall–Kier alpha value is -0.330. The summed E-state index contributed by atoms with van der Waals surface area (Å²) < 4.78 is 0. The lowest BCUT2D eigenvalue weighted by Gasteiger charge is -2.02. The molecule has 0 saturated heterocycles. The van der Waals surface area contributed by atoms with Crippen LogP contribution in [0.3, 0.4) is 0 Å². The van der Waals surface area contributed by atoms with Crippen molar-refractivity contribution >= 4 is 5.78 Å². The number of carbonyl (C=O) groups excluding carboxylic acids is 1. The maximum atomic E-state index is 11.0. The van der Waals surface area contributed by atoms with E-state index in [9.17, 15) is 4.79 Å². The van der Waals surface area contributed by atoms with Crippen molar-refractivity contribution in [2.45, 2.75) is 39.0 Å². The second-order valence-corrected chi connectivity index (χ2v) is 2.97. The van der Waals surface area contributed by atoms with E-state index in [0.29, 0.717) is 11.7 Å². The molecule has 0 N–H and O–H groups in total. The molecule has 0 aliphatic heterocycles. The van der Waals surface area contributed by atoms with Crippen molar-refractivity contribution in [1.29, 1.82) is 0 Å². The van der Waals surface area contributed by atoms with Gasteiger partial charge in [-0.2, -0.15) is 0 Å². The molecule has 1 saturated carbocycles. The van der Waals surface area contributed by atoms with E-state index >= 15 is 0 Å². The summed E-state index contributed by atoms with van der Waals surface area (Å²) in [6.45, 7) is 2.05. The molecule has 1 rings (SSSR count). The molecule has 52 valence electrons. The zero-order chi connectivity index (χ0) is 6.69. The van der Waals surface area contributed by atoms with Crippen LogP contribution in [0.4, 0.5) is 0 Å². The van der Waals surface area contributed by atoms with E-state index in [2.05, 4.69) is 0 Å². The topological polar surface area (TPSA) is 17.1 Å². The van der Waals surface area contributed by atoms with Gasteiger partial charge in [-0.15, -0.1) is 0 Å². The largest absolute Gasteiger partial charge is 0.299 e. The standard InChI is InChI=1S/C8H14O/c1-7-5-3-2-4-6-8(7)9/h7H,2-6H2,1H3/t7-/m1/s1. The molecule has 0 bridgehead atoms. The van der Waals surface area contributed by atoms with Gasteiger partial charge in [0.05, 0.1) is 0 Å². The van der Waals surface area contributed by atoms with Gasteiger partial charge in [0.15, 0.2) is 0 Å². The average Bonchev–Trinajstić information content (AvgIpc) is 1.99. The van der Waals surface area contributed by atoms with Crippen LogP contribution in [0.5, 0.6) is 0 Å². The van der Waals surface area contributed by atoms with E-state index in [1.165, 1.54) is 12.8 Å². The number of hydrogen-bond donors (Lipinski definition) is 0. The van der Waals surface area contributed by atoms with Gasteiger partial charge in [-0.3, -0.25) is 4.79 Å². The first-order valence-corrected chi connectivity index (χ1v) is 3.83. The van der Waals surface area contributed by atoms with Gasteiger partial charge < -0.3 is 0 Å². The van der Waals surface area contributed by atoms with Gasteiger partial charge in [-0.1, -0.05) is 19.8 Å². The third-order valence-electron chi connectivity index (χ3n) is 2.11. The summed E-state index contributed by atoms with van der Waals surface area (Å²) in [5, 5.41) is 0. The molecule has 1 aliphatic carbocycles. The van der Waals surface area contributed by atoms with Crippen molar-refractivity contribution < 1.29 is 4.79 Å². The third kappa shape index (κ3) is 1.81. The fourth-order valence-corrected chi connectivity index (χ4v) is 1.33. The minimum Gasteiger partial charge on any atom is -0.299 e. The van der Waals surface area contributed by atoms with E-state index in [1.807, 2.05) is 6.92 Å². The van der Waals surface area contributed by atoms with Crippen molar-refractivity contribution in [3.8, 4) is 0 Å². The summed E-state index contributed by atoms with van der Waals surface area (Å²) in [5.41, 5.74) is 0. The summed E-state index contributed by atoms with van der Waals surface area (Å²) in [6.07, 6.45) is 5.60. The monoisotopic (exact) mass is 126 g/mol. The van der Waals surface area contributed by atoms with E-state index < -0.39 is 0 Å². The van der Waals surface area contributed by atoms with Gasteiger partial charge in [-0.05, 0) is 12.8 Å². The minimum atomic E-state index is 0.354. The zero-order valence-corrected chi connectivity index (χ0v) is 6.02. The van der Waals surface area contributed by atoms with Crippen molar-refractivity contribution in [2.75, 3.05) is 0 Å². The van der Waals surface area contributed by atoms with Gasteiger partial charge in [0.1, 0.15) is 5.78 Å². The van der Waals surface area contributed by atoms with Crippen molar-refractivity contribution in [2.24, 2.45) is 5.92 Å². The second-order valence-electron chi connectivity index (χ2n) is 2.97. The molecule has 0 unspecified atom stereocenters. The van der Waals surface area contributed by atoms with E-state index in [1.54, 1.807) is 0 Å². The summed E-state index contributed by atoms with van der Waals surface area (Å²) in [4.78, 5) is 11.0. The van der Waals surface area contributed by atoms with Gasteiger partial charge in [0.25, 0.3) is 0 Å². The molecule has 0 aromatic rings. The first kappa shape index (κ1) is 6.79. The molecular formula is C8H14O. The fourth-order valence-electron chi connectivity index (χ4n) is 1.33. The molecule has 1 heteroatoms. The highest BCUT2D eigenvalue weighted by Gasteiger charge is 2.14. The van der Waals surface area contributed by atoms with Crippen molar-refractivity contribution in [3.05, 3.63) is 0 Å². The van der Waals surface area contributed by atoms with E-state index in [0.717, 1.165) is 19.3 Å². The molecule has 1 atom stereocenters. The molecule has 0 heterocycles. The Morgan fingerprint density at radius 2 is 2.11 bits per heavy atom. The highest BCUT2D eigenvalue weighted by atomic mass is 16.1. The number of carbonyl (C=O) groups is 1. The van der Waals surface area contributed by atoms with E-state index in [4.69, 9.17) is 0 Å². The van der Waals surface area contributed by atoms with Crippen LogP contribution in [0.25, 0.3) is 0 Å². The maximum absolute atomic E-state index is 11.0. The minimum absolute atomic E-state index is 0.354. The predicted molar refractivity (Wildman–Crippen MR) is 37.3 cm³/mol. The quantitative estimate of drug-likeness (QED) is 0.454. The van der Waals surface area contributed by atoms with Crippen LogP contribution < -0.4 is 0 Å².